The Morgan fingerprint density at radius 1 is 1.32 bits per heavy atom. The minimum Gasteiger partial charge on any atom is -0.463 e. The van der Waals surface area contributed by atoms with Crippen LogP contribution in [0.4, 0.5) is 13.2 Å². The number of thiazole rings is 1. The predicted octanol–water partition coefficient (Wildman–Crippen LogP) is 3.98. The van der Waals surface area contributed by atoms with Crippen LogP contribution in [0.1, 0.15) is 31.2 Å². The van der Waals surface area contributed by atoms with E-state index in [1.54, 1.807) is 36.1 Å². The maximum atomic E-state index is 14.0. The van der Waals surface area contributed by atoms with Crippen molar-refractivity contribution in [2.24, 2.45) is 0 Å². The van der Waals surface area contributed by atoms with Gasteiger partial charge in [-0.05, 0) is 31.9 Å². The molecule has 1 saturated heterocycles. The minimum atomic E-state index is -4.96. The van der Waals surface area contributed by atoms with Crippen LogP contribution in [0.15, 0.2) is 36.0 Å². The largest absolute Gasteiger partial charge is 0.463 e. The molecule has 9 heteroatoms. The van der Waals surface area contributed by atoms with Crippen LogP contribution in [0.2, 0.25) is 0 Å². The van der Waals surface area contributed by atoms with Crippen LogP contribution in [-0.2, 0) is 15.1 Å². The third kappa shape index (κ3) is 4.15. The summed E-state index contributed by atoms with van der Waals surface area (Å²) < 4.78 is 47.4. The van der Waals surface area contributed by atoms with E-state index in [9.17, 15) is 23.1 Å². The molecule has 0 spiro atoms. The van der Waals surface area contributed by atoms with Crippen LogP contribution in [0.5, 0.6) is 0 Å². The zero-order valence-electron chi connectivity index (χ0n) is 15.3. The van der Waals surface area contributed by atoms with Gasteiger partial charge in [0.2, 0.25) is 5.60 Å². The monoisotopic (exact) mass is 414 g/mol. The second-order valence-electron chi connectivity index (χ2n) is 6.60. The van der Waals surface area contributed by atoms with Crippen molar-refractivity contribution in [1.29, 1.82) is 0 Å². The summed E-state index contributed by atoms with van der Waals surface area (Å²) in [6.45, 7) is 2.79. The fourth-order valence-electron chi connectivity index (χ4n) is 3.19. The summed E-state index contributed by atoms with van der Waals surface area (Å²) in [6.07, 6.45) is -3.08. The predicted molar refractivity (Wildman–Crippen MR) is 99.7 cm³/mol. The van der Waals surface area contributed by atoms with Crippen LogP contribution in [0.3, 0.4) is 0 Å². The van der Waals surface area contributed by atoms with E-state index in [2.05, 4.69) is 4.98 Å². The van der Waals surface area contributed by atoms with E-state index in [1.807, 2.05) is 0 Å². The van der Waals surface area contributed by atoms with Gasteiger partial charge in [0.25, 0.3) is 0 Å². The van der Waals surface area contributed by atoms with Crippen molar-refractivity contribution < 1.29 is 27.8 Å². The number of hydrogen-bond donors (Lipinski definition) is 1. The van der Waals surface area contributed by atoms with Gasteiger partial charge in [0.1, 0.15) is 5.01 Å². The minimum absolute atomic E-state index is 0.107. The molecule has 0 amide bonds. The van der Waals surface area contributed by atoms with Gasteiger partial charge in [-0.15, -0.1) is 11.3 Å². The fraction of sp³-hybridized carbons (Fsp3) is 0.474. The Hall–Kier alpha value is -2.13. The lowest BCUT2D eigenvalue weighted by Crippen LogP contribution is -2.44. The van der Waals surface area contributed by atoms with Crippen LogP contribution < -0.4 is 0 Å². The first-order chi connectivity index (χ1) is 13.2. The number of aromatic nitrogens is 1. The number of para-hydroxylation sites is 1. The molecule has 3 rings (SSSR count). The molecule has 0 unspecified atom stereocenters. The molecule has 1 aliphatic heterocycles. The van der Waals surface area contributed by atoms with Crippen LogP contribution >= 0.6 is 11.3 Å². The highest BCUT2D eigenvalue weighted by Crippen LogP contribution is 2.46. The molecule has 0 aliphatic carbocycles. The molecule has 1 aromatic carbocycles. The van der Waals surface area contributed by atoms with E-state index >= 15 is 0 Å². The molecule has 28 heavy (non-hydrogen) atoms. The summed E-state index contributed by atoms with van der Waals surface area (Å²) in [7, 11) is 0. The van der Waals surface area contributed by atoms with Crippen LogP contribution in [0.25, 0.3) is 10.2 Å². The normalized spacial score (nSPS) is 17.8. The van der Waals surface area contributed by atoms with E-state index in [-0.39, 0.29) is 12.3 Å². The third-order valence-corrected chi connectivity index (χ3v) is 5.82. The first kappa shape index (κ1) is 20.6. The van der Waals surface area contributed by atoms with Gasteiger partial charge < -0.3 is 14.7 Å². The Kier molecular flexibility index (Phi) is 5.95. The summed E-state index contributed by atoms with van der Waals surface area (Å²) in [4.78, 5) is 17.7. The molecule has 1 aromatic heterocycles. The van der Waals surface area contributed by atoms with Crippen molar-refractivity contribution in [1.82, 2.24) is 9.88 Å². The molecule has 2 aromatic rings. The van der Waals surface area contributed by atoms with E-state index in [0.717, 1.165) is 30.3 Å². The number of carbonyl (C=O) groups is 1. The quantitative estimate of drug-likeness (QED) is 0.572. The Morgan fingerprint density at radius 3 is 2.61 bits per heavy atom. The van der Waals surface area contributed by atoms with Crippen LogP contribution in [-0.4, -0.2) is 46.8 Å². The maximum Gasteiger partial charge on any atom is 0.424 e. The van der Waals surface area contributed by atoms with Crippen molar-refractivity contribution in [3.63, 3.8) is 0 Å². The average molecular weight is 414 g/mol. The molecule has 0 bridgehead atoms. The van der Waals surface area contributed by atoms with Gasteiger partial charge in [-0.25, -0.2) is 9.78 Å². The number of rotatable bonds is 6. The zero-order valence-corrected chi connectivity index (χ0v) is 16.1. The molecule has 1 fully saturated rings. The second kappa shape index (κ2) is 8.08. The molecule has 152 valence electrons. The summed E-state index contributed by atoms with van der Waals surface area (Å²) in [5.74, 6) is -0.724. The average Bonchev–Trinajstić information content (AvgIpc) is 3.30. The summed E-state index contributed by atoms with van der Waals surface area (Å²) >= 11 is 0.802. The van der Waals surface area contributed by atoms with Crippen molar-refractivity contribution in [2.45, 2.75) is 38.0 Å². The topological polar surface area (TPSA) is 62.7 Å². The van der Waals surface area contributed by atoms with Gasteiger partial charge in [0.05, 0.1) is 16.8 Å². The maximum absolute atomic E-state index is 14.0. The van der Waals surface area contributed by atoms with Gasteiger partial charge in [0, 0.05) is 31.3 Å². The SMILES string of the molecule is CCOC(=O)C=C(C[C@@](O)(c1nc2ccccc2s1)C(F)(F)F)N1CCCC1. The Labute approximate surface area is 164 Å². The lowest BCUT2D eigenvalue weighted by Gasteiger charge is -2.32. The first-order valence-electron chi connectivity index (χ1n) is 9.02. The Morgan fingerprint density at radius 2 is 2.00 bits per heavy atom. The number of halogens is 3. The highest BCUT2D eigenvalue weighted by atomic mass is 32.1. The molecular formula is C19H21F3N2O3S. The zero-order chi connectivity index (χ0) is 20.4. The molecule has 2 heterocycles. The molecule has 0 radical (unpaired) electrons. The molecular weight excluding hydrogens is 393 g/mol. The number of esters is 1. The molecule has 1 N–H and O–H groups in total. The summed E-state index contributed by atoms with van der Waals surface area (Å²) in [6, 6.07) is 6.63. The smallest absolute Gasteiger partial charge is 0.424 e. The van der Waals surface area contributed by atoms with E-state index in [4.69, 9.17) is 4.74 Å². The number of ether oxygens (including phenoxy) is 1. The number of nitrogens with zero attached hydrogens (tertiary/aromatic N) is 2. The van der Waals surface area contributed by atoms with Gasteiger partial charge in [0.15, 0.2) is 0 Å². The summed E-state index contributed by atoms with van der Waals surface area (Å²) in [5.41, 5.74) is -2.70. The number of aliphatic hydroxyl groups is 1. The fourth-order valence-corrected chi connectivity index (χ4v) is 4.26. The first-order valence-corrected chi connectivity index (χ1v) is 9.83. The molecule has 1 atom stereocenters. The number of hydrogen-bond acceptors (Lipinski definition) is 6. The Bertz CT molecular complexity index is 842. The number of fused-ring (bicyclic) bond motifs is 1. The van der Waals surface area contributed by atoms with Crippen molar-refractivity contribution in [3.8, 4) is 0 Å². The van der Waals surface area contributed by atoms with E-state index in [1.165, 1.54) is 0 Å². The number of alkyl halides is 3. The van der Waals surface area contributed by atoms with Crippen molar-refractivity contribution >= 4 is 27.5 Å². The van der Waals surface area contributed by atoms with Gasteiger partial charge in [-0.3, -0.25) is 0 Å². The van der Waals surface area contributed by atoms with Gasteiger partial charge in [-0.1, -0.05) is 12.1 Å². The molecule has 5 nitrogen and oxygen atoms in total. The number of carbonyl (C=O) groups excluding carboxylic acids is 1. The highest BCUT2D eigenvalue weighted by molar-refractivity contribution is 7.18. The summed E-state index contributed by atoms with van der Waals surface area (Å²) in [5, 5.41) is 10.4. The lowest BCUT2D eigenvalue weighted by molar-refractivity contribution is -0.267. The van der Waals surface area contributed by atoms with Crippen molar-refractivity contribution in [3.05, 3.63) is 41.0 Å². The second-order valence-corrected chi connectivity index (χ2v) is 7.63. The van der Waals surface area contributed by atoms with Gasteiger partial charge in [-0.2, -0.15) is 13.2 Å². The van der Waals surface area contributed by atoms with Crippen LogP contribution in [0, 0.1) is 0 Å². The Balaban J connectivity index is 2.02. The van der Waals surface area contributed by atoms with E-state index in [0.29, 0.717) is 23.3 Å². The standard InChI is InChI=1S/C19H21F3N2O3S/c1-2-27-16(25)11-13(24-9-5-6-10-24)12-18(26,19(20,21)22)17-23-14-7-3-4-8-15(14)28-17/h3-4,7-8,11,26H,2,5-6,9-10,12H2,1H3/t18-/m1/s1. The van der Waals surface area contributed by atoms with Gasteiger partial charge >= 0.3 is 12.1 Å². The lowest BCUT2D eigenvalue weighted by atomic mass is 9.96. The third-order valence-electron chi connectivity index (χ3n) is 4.64. The van der Waals surface area contributed by atoms with E-state index < -0.39 is 29.2 Å². The van der Waals surface area contributed by atoms with Crippen molar-refractivity contribution in [2.75, 3.05) is 19.7 Å². The number of benzene rings is 1. The highest BCUT2D eigenvalue weighted by Gasteiger charge is 2.57. The molecule has 0 saturated carbocycles. The molecule has 1 aliphatic rings. The number of likely N-dealkylation sites (tertiary alicyclic amines) is 1.